The number of benzene rings is 1. The Morgan fingerprint density at radius 3 is 1.86 bits per heavy atom. The number of hydrogen-bond donors (Lipinski definition) is 2. The molecule has 0 bridgehead atoms. The fourth-order valence-corrected chi connectivity index (χ4v) is 4.02. The Morgan fingerprint density at radius 1 is 0.762 bits per heavy atom. The number of rotatable bonds is 13. The fraction of sp³-hybridized carbons (Fsp3) is 0.556. The molecule has 2 amide bonds. The summed E-state index contributed by atoms with van der Waals surface area (Å²) >= 11 is 0. The lowest BCUT2D eigenvalue weighted by atomic mass is 9.97. The summed E-state index contributed by atoms with van der Waals surface area (Å²) in [4.78, 5) is 76.5. The molecular weight excluding hydrogens is 558 g/mol. The number of hydrogen-bond acceptors (Lipinski definition) is 13. The second-order valence-corrected chi connectivity index (χ2v) is 9.35. The third-order valence-corrected chi connectivity index (χ3v) is 5.76. The van der Waals surface area contributed by atoms with E-state index in [2.05, 4.69) is 10.6 Å². The van der Waals surface area contributed by atoms with Crippen LogP contribution in [-0.2, 0) is 59.1 Å². The first-order valence-electron chi connectivity index (χ1n) is 13.1. The van der Waals surface area contributed by atoms with Gasteiger partial charge in [-0.3, -0.25) is 33.6 Å². The number of nitrogens with one attached hydrogen (secondary N) is 2. The minimum absolute atomic E-state index is 0.00615. The maximum atomic E-state index is 12.3. The summed E-state index contributed by atoms with van der Waals surface area (Å²) in [5.74, 6) is -3.35. The van der Waals surface area contributed by atoms with E-state index >= 15 is 0 Å². The summed E-state index contributed by atoms with van der Waals surface area (Å²) in [5, 5.41) is 6.51. The molecule has 1 aliphatic heterocycles. The van der Waals surface area contributed by atoms with Crippen LogP contribution in [0.2, 0.25) is 0 Å². The lowest BCUT2D eigenvalue weighted by molar-refractivity contribution is -0.333. The van der Waals surface area contributed by atoms with E-state index in [1.807, 2.05) is 0 Å². The molecule has 2 rings (SSSR count). The van der Waals surface area contributed by atoms with Crippen molar-refractivity contribution in [2.24, 2.45) is 0 Å². The van der Waals surface area contributed by atoms with Gasteiger partial charge in [-0.15, -0.1) is 0 Å². The number of ether oxygens (including phenoxy) is 5. The van der Waals surface area contributed by atoms with Crippen LogP contribution in [0.25, 0.3) is 0 Å². The number of esters is 4. The van der Waals surface area contributed by atoms with Crippen LogP contribution in [0, 0.1) is 0 Å². The predicted molar refractivity (Wildman–Crippen MR) is 142 cm³/mol. The van der Waals surface area contributed by atoms with Gasteiger partial charge in [0.05, 0.1) is 6.61 Å². The van der Waals surface area contributed by atoms with Crippen LogP contribution in [0.3, 0.4) is 0 Å². The quantitative estimate of drug-likeness (QED) is 0.134. The smallest absolute Gasteiger partial charge is 0.303 e. The van der Waals surface area contributed by atoms with Crippen LogP contribution in [-0.4, -0.2) is 98.1 Å². The van der Waals surface area contributed by atoms with Gasteiger partial charge in [0.2, 0.25) is 5.91 Å². The largest absolute Gasteiger partial charge is 0.463 e. The van der Waals surface area contributed by atoms with Crippen LogP contribution in [0.15, 0.2) is 24.3 Å². The Hall–Kier alpha value is -4.08. The molecule has 1 fully saturated rings. The maximum absolute atomic E-state index is 12.3. The highest BCUT2D eigenvalue weighted by molar-refractivity contribution is 5.94. The summed E-state index contributed by atoms with van der Waals surface area (Å²) in [7, 11) is 1.48. The summed E-state index contributed by atoms with van der Waals surface area (Å²) in [6.45, 7) is 6.18. The molecule has 0 radical (unpaired) electrons. The van der Waals surface area contributed by atoms with Crippen LogP contribution < -0.4 is 10.6 Å². The van der Waals surface area contributed by atoms with Gasteiger partial charge in [0, 0.05) is 60.3 Å². The van der Waals surface area contributed by atoms with E-state index in [-0.39, 0.29) is 31.6 Å². The summed E-state index contributed by atoms with van der Waals surface area (Å²) in [5.41, 5.74) is 1.07. The van der Waals surface area contributed by atoms with Gasteiger partial charge in [-0.2, -0.15) is 5.06 Å². The molecule has 1 heterocycles. The first-order chi connectivity index (χ1) is 19.8. The van der Waals surface area contributed by atoms with Crippen LogP contribution in [0.5, 0.6) is 0 Å². The highest BCUT2D eigenvalue weighted by Gasteiger charge is 2.53. The minimum Gasteiger partial charge on any atom is -0.463 e. The lowest BCUT2D eigenvalue weighted by Gasteiger charge is -2.46. The first-order valence-corrected chi connectivity index (χ1v) is 13.1. The van der Waals surface area contributed by atoms with Gasteiger partial charge in [-0.1, -0.05) is 12.1 Å². The van der Waals surface area contributed by atoms with Crippen molar-refractivity contribution < 1.29 is 57.3 Å². The monoisotopic (exact) mass is 595 g/mol. The molecule has 1 aromatic rings. The molecule has 15 nitrogen and oxygen atoms in total. The Labute approximate surface area is 243 Å². The average Bonchev–Trinajstić information content (AvgIpc) is 2.90. The molecule has 0 unspecified atom stereocenters. The first kappa shape index (κ1) is 34.1. The van der Waals surface area contributed by atoms with E-state index < -0.39 is 54.5 Å². The maximum Gasteiger partial charge on any atom is 0.303 e. The highest BCUT2D eigenvalue weighted by Crippen LogP contribution is 2.31. The highest BCUT2D eigenvalue weighted by atomic mass is 16.7. The molecule has 232 valence electrons. The van der Waals surface area contributed by atoms with Crippen molar-refractivity contribution in [1.82, 2.24) is 15.7 Å². The standard InChI is InChI=1S/C27H37N3O12/c1-15(31)28-11-12-29-26(36)21-9-7-20(8-10-21)13-38-30(6)27-25(41-19(5)35)24(40-18(4)34)23(39-17(3)33)22(42-27)14-37-16(2)32/h7-10,22-25,27H,11-14H2,1-6H3,(H,28,31)(H,29,36)/t22-,23-,24+,25-,27-/m1/s1. The van der Waals surface area contributed by atoms with Gasteiger partial charge in [-0.05, 0) is 17.7 Å². The third kappa shape index (κ3) is 11.1. The third-order valence-electron chi connectivity index (χ3n) is 5.76. The van der Waals surface area contributed by atoms with E-state index in [4.69, 9.17) is 28.5 Å². The number of carbonyl (C=O) groups excluding carboxylic acids is 6. The molecule has 0 spiro atoms. The van der Waals surface area contributed by atoms with Crippen molar-refractivity contribution in [3.05, 3.63) is 35.4 Å². The molecule has 0 aromatic heterocycles. The summed E-state index contributed by atoms with van der Waals surface area (Å²) in [6.07, 6.45) is -6.23. The lowest BCUT2D eigenvalue weighted by Crippen LogP contribution is -2.65. The van der Waals surface area contributed by atoms with Crippen LogP contribution in [0.4, 0.5) is 0 Å². The minimum atomic E-state index is -1.33. The SMILES string of the molecule is CC(=O)NCCNC(=O)c1ccc(CON(C)[C@@H]2O[C@H](COC(C)=O)[C@@H](OC(C)=O)[C@H](OC(C)=O)[C@H]2OC(C)=O)cc1. The Bertz CT molecular complexity index is 1130. The molecule has 2 N–H and O–H groups in total. The second kappa shape index (κ2) is 16.4. The molecule has 0 aliphatic carbocycles. The molecule has 5 atom stereocenters. The summed E-state index contributed by atoms with van der Waals surface area (Å²) < 4.78 is 27.3. The van der Waals surface area contributed by atoms with Crippen molar-refractivity contribution in [1.29, 1.82) is 0 Å². The van der Waals surface area contributed by atoms with Crippen molar-refractivity contribution in [2.75, 3.05) is 26.7 Å². The van der Waals surface area contributed by atoms with Crippen molar-refractivity contribution >= 4 is 35.7 Å². The average molecular weight is 596 g/mol. The Morgan fingerprint density at radius 2 is 1.31 bits per heavy atom. The zero-order valence-corrected chi connectivity index (χ0v) is 24.4. The number of likely N-dealkylation sites (N-methyl/N-ethyl adjacent to an activating group) is 1. The van der Waals surface area contributed by atoms with Crippen molar-refractivity contribution in [3.8, 4) is 0 Å². The van der Waals surface area contributed by atoms with Crippen LogP contribution in [0.1, 0.15) is 50.5 Å². The van der Waals surface area contributed by atoms with Gasteiger partial charge in [0.25, 0.3) is 5.91 Å². The van der Waals surface area contributed by atoms with E-state index in [1.165, 1.54) is 26.0 Å². The van der Waals surface area contributed by atoms with Gasteiger partial charge in [-0.25, -0.2) is 0 Å². The fourth-order valence-electron chi connectivity index (χ4n) is 4.02. The van der Waals surface area contributed by atoms with Crippen molar-refractivity contribution in [3.63, 3.8) is 0 Å². The zero-order valence-electron chi connectivity index (χ0n) is 24.4. The Kier molecular flexibility index (Phi) is 13.3. The molecule has 0 saturated carbocycles. The van der Waals surface area contributed by atoms with Gasteiger partial charge < -0.3 is 34.3 Å². The van der Waals surface area contributed by atoms with Crippen molar-refractivity contribution in [2.45, 2.75) is 71.9 Å². The van der Waals surface area contributed by atoms with Gasteiger partial charge in [0.15, 0.2) is 24.5 Å². The van der Waals surface area contributed by atoms with Crippen LogP contribution >= 0.6 is 0 Å². The topological polar surface area (TPSA) is 185 Å². The molecular formula is C27H37N3O12. The molecule has 1 aromatic carbocycles. The molecule has 1 aliphatic rings. The molecule has 42 heavy (non-hydrogen) atoms. The number of amides is 2. The number of hydroxylamine groups is 2. The normalized spacial score (nSPS) is 21.5. The van der Waals surface area contributed by atoms with E-state index in [9.17, 15) is 28.8 Å². The molecule has 15 heteroatoms. The van der Waals surface area contributed by atoms with Gasteiger partial charge in [0.1, 0.15) is 12.7 Å². The number of nitrogens with zero attached hydrogens (tertiary/aromatic N) is 1. The summed E-state index contributed by atoms with van der Waals surface area (Å²) in [6, 6.07) is 6.54. The number of carbonyl (C=O) groups is 6. The van der Waals surface area contributed by atoms with E-state index in [0.29, 0.717) is 17.7 Å². The second-order valence-electron chi connectivity index (χ2n) is 9.35. The zero-order chi connectivity index (χ0) is 31.4. The van der Waals surface area contributed by atoms with E-state index in [1.54, 1.807) is 24.3 Å². The Balaban J connectivity index is 2.19. The van der Waals surface area contributed by atoms with Gasteiger partial charge >= 0.3 is 23.9 Å². The van der Waals surface area contributed by atoms with E-state index in [0.717, 1.165) is 20.8 Å². The predicted octanol–water partition coefficient (Wildman–Crippen LogP) is -0.001000. The molecule has 1 saturated heterocycles.